The minimum absolute atomic E-state index is 0.939. The van der Waals surface area contributed by atoms with Gasteiger partial charge in [-0.05, 0) is 32.5 Å². The van der Waals surface area contributed by atoms with Crippen molar-refractivity contribution in [2.24, 2.45) is 0 Å². The van der Waals surface area contributed by atoms with Gasteiger partial charge in [0.1, 0.15) is 0 Å². The van der Waals surface area contributed by atoms with E-state index < -0.39 is 0 Å². The zero-order valence-electron chi connectivity index (χ0n) is 7.85. The fraction of sp³-hybridized carbons (Fsp3) is 0.400. The molecule has 66 valence electrons. The van der Waals surface area contributed by atoms with Gasteiger partial charge in [-0.2, -0.15) is 0 Å². The molecule has 1 rings (SSSR count). The minimum atomic E-state index is 0.939. The van der Waals surface area contributed by atoms with Crippen LogP contribution in [0.2, 0.25) is 0 Å². The van der Waals surface area contributed by atoms with Gasteiger partial charge in [-0.3, -0.25) is 0 Å². The fourth-order valence-corrected chi connectivity index (χ4v) is 2.03. The highest BCUT2D eigenvalue weighted by atomic mass is 32.1. The zero-order chi connectivity index (χ0) is 8.97. The second-order valence-corrected chi connectivity index (χ2v) is 4.29. The van der Waals surface area contributed by atoms with Crippen molar-refractivity contribution in [2.75, 3.05) is 13.6 Å². The van der Waals surface area contributed by atoms with Gasteiger partial charge in [-0.1, -0.05) is 12.2 Å². The lowest BCUT2D eigenvalue weighted by molar-refractivity contribution is 0.922. The molecule has 0 bridgehead atoms. The lowest BCUT2D eigenvalue weighted by Gasteiger charge is -1.89. The maximum absolute atomic E-state index is 3.08. The Balaban J connectivity index is 2.68. The van der Waals surface area contributed by atoms with Crippen LogP contribution in [-0.2, 0) is 0 Å². The van der Waals surface area contributed by atoms with Crippen LogP contribution in [0.15, 0.2) is 12.1 Å². The maximum atomic E-state index is 3.08. The molecule has 0 atom stereocenters. The van der Waals surface area contributed by atoms with Gasteiger partial charge in [-0.25, -0.2) is 0 Å². The molecule has 0 aromatic carbocycles. The number of rotatable bonds is 3. The highest BCUT2D eigenvalue weighted by Gasteiger charge is 1.97. The molecule has 1 heterocycles. The summed E-state index contributed by atoms with van der Waals surface area (Å²) >= 11 is 1.86. The molecule has 0 aliphatic heterocycles. The summed E-state index contributed by atoms with van der Waals surface area (Å²) in [6.45, 7) is 5.25. The average Bonchev–Trinajstić information content (AvgIpc) is 2.31. The molecule has 0 spiro atoms. The molecule has 0 radical (unpaired) electrons. The van der Waals surface area contributed by atoms with Crippen LogP contribution in [-0.4, -0.2) is 13.6 Å². The van der Waals surface area contributed by atoms with Crippen LogP contribution in [0.3, 0.4) is 0 Å². The first-order valence-corrected chi connectivity index (χ1v) is 4.94. The van der Waals surface area contributed by atoms with E-state index in [1.807, 2.05) is 18.4 Å². The van der Waals surface area contributed by atoms with Gasteiger partial charge >= 0.3 is 0 Å². The molecule has 0 fully saturated rings. The van der Waals surface area contributed by atoms with Crippen molar-refractivity contribution in [3.05, 3.63) is 27.5 Å². The third-order valence-corrected chi connectivity index (χ3v) is 2.68. The largest absolute Gasteiger partial charge is 0.316 e. The fourth-order valence-electron chi connectivity index (χ4n) is 1.12. The Morgan fingerprint density at radius 3 is 2.75 bits per heavy atom. The highest BCUT2D eigenvalue weighted by molar-refractivity contribution is 7.12. The smallest absolute Gasteiger partial charge is 0.0135 e. The molecule has 0 saturated heterocycles. The molecule has 0 aliphatic carbocycles. The SMILES string of the molecule is CNC/C=C/c1cc(C)sc1C. The molecule has 0 unspecified atom stereocenters. The lowest BCUT2D eigenvalue weighted by Crippen LogP contribution is -2.03. The first-order chi connectivity index (χ1) is 5.74. The molecular weight excluding hydrogens is 166 g/mol. The van der Waals surface area contributed by atoms with E-state index >= 15 is 0 Å². The third-order valence-electron chi connectivity index (χ3n) is 1.70. The number of hydrogen-bond donors (Lipinski definition) is 1. The summed E-state index contributed by atoms with van der Waals surface area (Å²) in [5, 5.41) is 3.08. The monoisotopic (exact) mass is 181 g/mol. The third kappa shape index (κ3) is 2.47. The molecular formula is C10H15NS. The zero-order valence-corrected chi connectivity index (χ0v) is 8.66. The molecule has 1 N–H and O–H groups in total. The normalized spacial score (nSPS) is 11.2. The first-order valence-electron chi connectivity index (χ1n) is 4.12. The first kappa shape index (κ1) is 9.49. The van der Waals surface area contributed by atoms with E-state index in [1.165, 1.54) is 15.3 Å². The summed E-state index contributed by atoms with van der Waals surface area (Å²) in [6, 6.07) is 2.23. The second-order valence-electron chi connectivity index (χ2n) is 2.83. The lowest BCUT2D eigenvalue weighted by atomic mass is 10.2. The van der Waals surface area contributed by atoms with Gasteiger partial charge in [-0.15, -0.1) is 11.3 Å². The molecule has 1 aromatic heterocycles. The summed E-state index contributed by atoms with van der Waals surface area (Å²) in [7, 11) is 1.95. The Hall–Kier alpha value is -0.600. The maximum Gasteiger partial charge on any atom is 0.0135 e. The molecule has 1 aromatic rings. The van der Waals surface area contributed by atoms with Crippen molar-refractivity contribution in [1.82, 2.24) is 5.32 Å². The van der Waals surface area contributed by atoms with Crippen LogP contribution in [0.1, 0.15) is 15.3 Å². The standard InChI is InChI=1S/C10H15NS/c1-8-7-10(9(2)12-8)5-4-6-11-3/h4-5,7,11H,6H2,1-3H3/b5-4+. The van der Waals surface area contributed by atoms with Crippen LogP contribution in [0.4, 0.5) is 0 Å². The predicted octanol–water partition coefficient (Wildman–Crippen LogP) is 2.60. The summed E-state index contributed by atoms with van der Waals surface area (Å²) < 4.78 is 0. The van der Waals surface area contributed by atoms with Crippen LogP contribution in [0.5, 0.6) is 0 Å². The summed E-state index contributed by atoms with van der Waals surface area (Å²) in [5.74, 6) is 0. The van der Waals surface area contributed by atoms with E-state index in [0.29, 0.717) is 0 Å². The van der Waals surface area contributed by atoms with E-state index in [0.717, 1.165) is 6.54 Å². The molecule has 2 heteroatoms. The second kappa shape index (κ2) is 4.43. The highest BCUT2D eigenvalue weighted by Crippen LogP contribution is 2.21. The predicted molar refractivity (Wildman–Crippen MR) is 56.8 cm³/mol. The Kier molecular flexibility index (Phi) is 3.50. The number of nitrogens with one attached hydrogen (secondary N) is 1. The Morgan fingerprint density at radius 1 is 1.50 bits per heavy atom. The molecule has 0 amide bonds. The van der Waals surface area contributed by atoms with Gasteiger partial charge < -0.3 is 5.32 Å². The van der Waals surface area contributed by atoms with Gasteiger partial charge in [0.05, 0.1) is 0 Å². The molecule has 0 saturated carbocycles. The number of hydrogen-bond acceptors (Lipinski definition) is 2. The van der Waals surface area contributed by atoms with Crippen molar-refractivity contribution in [2.45, 2.75) is 13.8 Å². The molecule has 1 nitrogen and oxygen atoms in total. The van der Waals surface area contributed by atoms with Crippen LogP contribution < -0.4 is 5.32 Å². The van der Waals surface area contributed by atoms with Crippen molar-refractivity contribution >= 4 is 17.4 Å². The Morgan fingerprint density at radius 2 is 2.25 bits per heavy atom. The Bertz CT molecular complexity index is 273. The number of aryl methyl sites for hydroxylation is 2. The van der Waals surface area contributed by atoms with E-state index in [2.05, 4.69) is 37.4 Å². The van der Waals surface area contributed by atoms with E-state index in [4.69, 9.17) is 0 Å². The topological polar surface area (TPSA) is 12.0 Å². The van der Waals surface area contributed by atoms with E-state index in [1.54, 1.807) is 0 Å². The minimum Gasteiger partial charge on any atom is -0.316 e. The van der Waals surface area contributed by atoms with Gasteiger partial charge in [0.25, 0.3) is 0 Å². The molecule has 0 aliphatic rings. The summed E-state index contributed by atoms with van der Waals surface area (Å²) in [4.78, 5) is 2.79. The van der Waals surface area contributed by atoms with Crippen molar-refractivity contribution in [1.29, 1.82) is 0 Å². The molecule has 12 heavy (non-hydrogen) atoms. The number of thiophene rings is 1. The van der Waals surface area contributed by atoms with E-state index in [9.17, 15) is 0 Å². The van der Waals surface area contributed by atoms with Crippen LogP contribution in [0, 0.1) is 13.8 Å². The quantitative estimate of drug-likeness (QED) is 0.756. The van der Waals surface area contributed by atoms with E-state index in [-0.39, 0.29) is 0 Å². The van der Waals surface area contributed by atoms with Crippen LogP contribution >= 0.6 is 11.3 Å². The van der Waals surface area contributed by atoms with Crippen molar-refractivity contribution < 1.29 is 0 Å². The van der Waals surface area contributed by atoms with Gasteiger partial charge in [0.15, 0.2) is 0 Å². The average molecular weight is 181 g/mol. The Labute approximate surface area is 78.1 Å². The summed E-state index contributed by atoms with van der Waals surface area (Å²) in [6.07, 6.45) is 4.32. The van der Waals surface area contributed by atoms with Crippen LogP contribution in [0.25, 0.3) is 6.08 Å². The van der Waals surface area contributed by atoms with Gasteiger partial charge in [0, 0.05) is 16.3 Å². The van der Waals surface area contributed by atoms with Crippen molar-refractivity contribution in [3.63, 3.8) is 0 Å². The number of likely N-dealkylation sites (N-methyl/N-ethyl adjacent to an activating group) is 1. The summed E-state index contributed by atoms with van der Waals surface area (Å²) in [5.41, 5.74) is 1.35. The van der Waals surface area contributed by atoms with Gasteiger partial charge in [0.2, 0.25) is 0 Å². The van der Waals surface area contributed by atoms with Crippen molar-refractivity contribution in [3.8, 4) is 0 Å².